The lowest BCUT2D eigenvalue weighted by atomic mass is 10.2. The summed E-state index contributed by atoms with van der Waals surface area (Å²) >= 11 is -2.21. The molecule has 0 aliphatic rings. The van der Waals surface area contributed by atoms with Crippen LogP contribution in [-0.4, -0.2) is 15.0 Å². The minimum absolute atomic E-state index is 0.217. The standard InChI is InChI=1S/C8H8O3S/c9-5-4-7-2-1-3-8(6-7)12(10)11/h1-3,5-6H,4H2,(H,10,11)/p-1. The minimum Gasteiger partial charge on any atom is -0.768 e. The Morgan fingerprint density at radius 1 is 1.50 bits per heavy atom. The van der Waals surface area contributed by atoms with Crippen LogP contribution in [0.2, 0.25) is 0 Å². The van der Waals surface area contributed by atoms with Crippen LogP contribution in [0.15, 0.2) is 29.2 Å². The molecule has 0 aromatic heterocycles. The van der Waals surface area contributed by atoms with Gasteiger partial charge in [0.05, 0.1) is 0 Å². The summed E-state index contributed by atoms with van der Waals surface area (Å²) < 4.78 is 20.9. The third-order valence-electron chi connectivity index (χ3n) is 1.41. The summed E-state index contributed by atoms with van der Waals surface area (Å²) in [6, 6.07) is 6.30. The van der Waals surface area contributed by atoms with Gasteiger partial charge in [0.1, 0.15) is 6.29 Å². The quantitative estimate of drug-likeness (QED) is 0.511. The number of rotatable bonds is 3. The van der Waals surface area contributed by atoms with Crippen LogP contribution in [0.4, 0.5) is 0 Å². The van der Waals surface area contributed by atoms with Crippen molar-refractivity contribution in [3.63, 3.8) is 0 Å². The Morgan fingerprint density at radius 3 is 2.83 bits per heavy atom. The van der Waals surface area contributed by atoms with E-state index in [1.165, 1.54) is 12.1 Å². The fourth-order valence-corrected chi connectivity index (χ4v) is 1.31. The van der Waals surface area contributed by atoms with E-state index in [-0.39, 0.29) is 11.3 Å². The third kappa shape index (κ3) is 2.25. The molecule has 0 N–H and O–H groups in total. The molecule has 0 heterocycles. The maximum Gasteiger partial charge on any atom is 0.124 e. The second-order valence-electron chi connectivity index (χ2n) is 2.25. The van der Waals surface area contributed by atoms with E-state index in [2.05, 4.69) is 0 Å². The number of hydrogen-bond acceptors (Lipinski definition) is 3. The zero-order chi connectivity index (χ0) is 8.97. The van der Waals surface area contributed by atoms with Crippen LogP contribution in [0.5, 0.6) is 0 Å². The van der Waals surface area contributed by atoms with Gasteiger partial charge in [-0.2, -0.15) is 0 Å². The molecule has 1 aromatic rings. The molecule has 0 saturated carbocycles. The van der Waals surface area contributed by atoms with Crippen LogP contribution >= 0.6 is 0 Å². The highest BCUT2D eigenvalue weighted by atomic mass is 32.2. The normalized spacial score (nSPS) is 12.4. The Hall–Kier alpha value is -1.00. The van der Waals surface area contributed by atoms with Crippen LogP contribution in [0.25, 0.3) is 0 Å². The summed E-state index contributed by atoms with van der Waals surface area (Å²) in [6.45, 7) is 0. The molecule has 0 aliphatic heterocycles. The van der Waals surface area contributed by atoms with Crippen molar-refractivity contribution in [1.29, 1.82) is 0 Å². The summed E-state index contributed by atoms with van der Waals surface area (Å²) in [6.07, 6.45) is 0.998. The number of hydrogen-bond donors (Lipinski definition) is 0. The summed E-state index contributed by atoms with van der Waals surface area (Å²) in [5, 5.41) is 0. The predicted molar refractivity (Wildman–Crippen MR) is 43.4 cm³/mol. The topological polar surface area (TPSA) is 57.2 Å². The smallest absolute Gasteiger partial charge is 0.124 e. The third-order valence-corrected chi connectivity index (χ3v) is 2.05. The van der Waals surface area contributed by atoms with E-state index in [1.807, 2.05) is 0 Å². The molecule has 1 atom stereocenters. The second kappa shape index (κ2) is 4.13. The lowest BCUT2D eigenvalue weighted by Gasteiger charge is -2.05. The van der Waals surface area contributed by atoms with Crippen LogP contribution in [-0.2, 0) is 22.3 Å². The Bertz CT molecular complexity index is 309. The van der Waals surface area contributed by atoms with Crippen molar-refractivity contribution < 1.29 is 13.6 Å². The van der Waals surface area contributed by atoms with Gasteiger partial charge in [0, 0.05) is 11.3 Å². The van der Waals surface area contributed by atoms with Gasteiger partial charge >= 0.3 is 0 Å². The summed E-state index contributed by atoms with van der Waals surface area (Å²) in [7, 11) is 0. The zero-order valence-corrected chi connectivity index (χ0v) is 7.04. The van der Waals surface area contributed by atoms with Crippen LogP contribution in [0, 0.1) is 0 Å². The van der Waals surface area contributed by atoms with Crippen molar-refractivity contribution >= 4 is 17.4 Å². The van der Waals surface area contributed by atoms with Crippen LogP contribution in [0.1, 0.15) is 5.56 Å². The van der Waals surface area contributed by atoms with E-state index in [0.717, 1.165) is 6.29 Å². The molecule has 0 spiro atoms. The Labute approximate surface area is 72.7 Å². The Balaban J connectivity index is 2.95. The van der Waals surface area contributed by atoms with Crippen LogP contribution < -0.4 is 0 Å². The van der Waals surface area contributed by atoms with E-state index in [4.69, 9.17) is 0 Å². The van der Waals surface area contributed by atoms with Gasteiger partial charge in [-0.3, -0.25) is 4.21 Å². The summed E-state index contributed by atoms with van der Waals surface area (Å²) in [5.41, 5.74) is 0.715. The van der Waals surface area contributed by atoms with Gasteiger partial charge in [-0.1, -0.05) is 12.1 Å². The summed E-state index contributed by atoms with van der Waals surface area (Å²) in [5.74, 6) is 0. The van der Waals surface area contributed by atoms with Gasteiger partial charge in [0.25, 0.3) is 0 Å². The fraction of sp³-hybridized carbons (Fsp3) is 0.125. The SMILES string of the molecule is O=CCc1cccc(S(=O)[O-])c1. The number of benzene rings is 1. The molecule has 1 aromatic carbocycles. The number of carbonyl (C=O) groups is 1. The Morgan fingerprint density at radius 2 is 2.25 bits per heavy atom. The van der Waals surface area contributed by atoms with Crippen LogP contribution in [0.3, 0.4) is 0 Å². The first kappa shape index (κ1) is 9.09. The maximum absolute atomic E-state index is 10.5. The van der Waals surface area contributed by atoms with E-state index in [0.29, 0.717) is 5.56 Å². The largest absolute Gasteiger partial charge is 0.768 e. The maximum atomic E-state index is 10.5. The molecule has 64 valence electrons. The molecule has 0 aliphatic carbocycles. The lowest BCUT2D eigenvalue weighted by molar-refractivity contribution is -0.107. The molecule has 0 amide bonds. The van der Waals surface area contributed by atoms with Crippen molar-refractivity contribution in [3.8, 4) is 0 Å². The average Bonchev–Trinajstić information content (AvgIpc) is 2.05. The highest BCUT2D eigenvalue weighted by Crippen LogP contribution is 2.07. The van der Waals surface area contributed by atoms with Gasteiger partial charge in [-0.25, -0.2) is 0 Å². The number of aldehydes is 1. The van der Waals surface area contributed by atoms with Gasteiger partial charge in [-0.15, -0.1) is 0 Å². The molecule has 12 heavy (non-hydrogen) atoms. The van der Waals surface area contributed by atoms with Crippen molar-refractivity contribution in [1.82, 2.24) is 0 Å². The molecule has 1 unspecified atom stereocenters. The van der Waals surface area contributed by atoms with E-state index in [9.17, 15) is 13.6 Å². The van der Waals surface area contributed by atoms with Crippen molar-refractivity contribution in [2.75, 3.05) is 0 Å². The van der Waals surface area contributed by atoms with E-state index in [1.54, 1.807) is 12.1 Å². The minimum atomic E-state index is -2.21. The first-order valence-corrected chi connectivity index (χ1v) is 4.43. The highest BCUT2D eigenvalue weighted by molar-refractivity contribution is 7.79. The van der Waals surface area contributed by atoms with Gasteiger partial charge in [0.15, 0.2) is 0 Å². The summed E-state index contributed by atoms with van der Waals surface area (Å²) in [4.78, 5) is 10.3. The van der Waals surface area contributed by atoms with Crippen molar-refractivity contribution in [2.45, 2.75) is 11.3 Å². The molecule has 0 saturated heterocycles. The first-order valence-electron chi connectivity index (χ1n) is 3.36. The van der Waals surface area contributed by atoms with Crippen molar-refractivity contribution in [3.05, 3.63) is 29.8 Å². The zero-order valence-electron chi connectivity index (χ0n) is 6.23. The Kier molecular flexibility index (Phi) is 3.13. The molecule has 0 bridgehead atoms. The molecule has 4 heteroatoms. The molecular weight excluding hydrogens is 176 g/mol. The molecule has 3 nitrogen and oxygen atoms in total. The second-order valence-corrected chi connectivity index (χ2v) is 3.19. The highest BCUT2D eigenvalue weighted by Gasteiger charge is 1.94. The van der Waals surface area contributed by atoms with Gasteiger partial charge in [-0.05, 0) is 28.8 Å². The average molecular weight is 183 g/mol. The fourth-order valence-electron chi connectivity index (χ4n) is 0.872. The number of carbonyl (C=O) groups excluding carboxylic acids is 1. The lowest BCUT2D eigenvalue weighted by Crippen LogP contribution is -1.91. The molecule has 0 radical (unpaired) electrons. The molecule has 0 fully saturated rings. The molecule has 1 rings (SSSR count). The van der Waals surface area contributed by atoms with Gasteiger partial charge in [0.2, 0.25) is 0 Å². The monoisotopic (exact) mass is 183 g/mol. The van der Waals surface area contributed by atoms with E-state index < -0.39 is 11.1 Å². The molecular formula is C8H7O3S-. The first-order chi connectivity index (χ1) is 5.74. The van der Waals surface area contributed by atoms with E-state index >= 15 is 0 Å². The predicted octanol–water partition coefficient (Wildman–Crippen LogP) is 0.666. The van der Waals surface area contributed by atoms with Crippen molar-refractivity contribution in [2.24, 2.45) is 0 Å². The van der Waals surface area contributed by atoms with Gasteiger partial charge < -0.3 is 9.35 Å².